The molecule has 0 aromatic heterocycles. The molecule has 8 nitrogen and oxygen atoms in total. The van der Waals surface area contributed by atoms with E-state index in [0.29, 0.717) is 13.0 Å². The highest BCUT2D eigenvalue weighted by atomic mass is 32.2. The van der Waals surface area contributed by atoms with Crippen LogP contribution in [0.5, 0.6) is 0 Å². The fourth-order valence-corrected chi connectivity index (χ4v) is 4.70. The van der Waals surface area contributed by atoms with Crippen LogP contribution < -0.4 is 9.62 Å². The van der Waals surface area contributed by atoms with Crippen LogP contribution in [0.2, 0.25) is 0 Å². The lowest BCUT2D eigenvalue weighted by Gasteiger charge is -2.34. The summed E-state index contributed by atoms with van der Waals surface area (Å²) in [5.74, 6) is -1.35. The Kier molecular flexibility index (Phi) is 10.9. The molecule has 0 heterocycles. The van der Waals surface area contributed by atoms with Crippen molar-refractivity contribution in [1.29, 1.82) is 0 Å². The molecule has 1 atom stereocenters. The second-order valence-corrected chi connectivity index (χ2v) is 10.9. The van der Waals surface area contributed by atoms with Crippen molar-refractivity contribution in [1.82, 2.24) is 14.5 Å². The Bertz CT molecular complexity index is 1110. The van der Waals surface area contributed by atoms with E-state index in [2.05, 4.69) is 5.32 Å². The summed E-state index contributed by atoms with van der Waals surface area (Å²) in [4.78, 5) is 28.2. The van der Waals surface area contributed by atoms with Crippen molar-refractivity contribution in [3.8, 4) is 0 Å². The number of nitrogens with one attached hydrogen (secondary N) is 1. The van der Waals surface area contributed by atoms with E-state index in [4.69, 9.17) is 0 Å². The summed E-state index contributed by atoms with van der Waals surface area (Å²) in [6, 6.07) is 11.7. The van der Waals surface area contributed by atoms with E-state index in [9.17, 15) is 22.4 Å². The van der Waals surface area contributed by atoms with Gasteiger partial charge in [0.05, 0.1) is 5.69 Å². The van der Waals surface area contributed by atoms with E-state index < -0.39 is 34.5 Å². The molecule has 36 heavy (non-hydrogen) atoms. The molecular weight excluding hydrogens is 483 g/mol. The van der Waals surface area contributed by atoms with Gasteiger partial charge in [0.1, 0.15) is 18.4 Å². The third-order valence-corrected chi connectivity index (χ3v) is 7.64. The van der Waals surface area contributed by atoms with Gasteiger partial charge in [-0.2, -0.15) is 12.7 Å². The maximum absolute atomic E-state index is 13.7. The van der Waals surface area contributed by atoms with Crippen molar-refractivity contribution < 1.29 is 22.4 Å². The smallest absolute Gasteiger partial charge is 0.304 e. The molecule has 0 saturated heterocycles. The van der Waals surface area contributed by atoms with Crippen LogP contribution >= 0.6 is 0 Å². The Morgan fingerprint density at radius 1 is 1.00 bits per heavy atom. The second kappa shape index (κ2) is 13.4. The Balaban J connectivity index is 2.45. The molecule has 0 radical (unpaired) electrons. The second-order valence-electron chi connectivity index (χ2n) is 8.85. The molecule has 198 valence electrons. The number of carbonyl (C=O) groups is 2. The summed E-state index contributed by atoms with van der Waals surface area (Å²) in [5.41, 5.74) is 2.02. The summed E-state index contributed by atoms with van der Waals surface area (Å²) in [7, 11) is -1.37. The number of aryl methyl sites for hydroxylation is 1. The molecule has 0 aliphatic carbocycles. The Hall–Kier alpha value is -2.98. The predicted octanol–water partition coefficient (Wildman–Crippen LogP) is 3.47. The molecule has 0 fully saturated rings. The van der Waals surface area contributed by atoms with Gasteiger partial charge in [-0.3, -0.25) is 9.59 Å². The topological polar surface area (TPSA) is 90.0 Å². The van der Waals surface area contributed by atoms with Crippen LogP contribution in [0.4, 0.5) is 10.1 Å². The maximum atomic E-state index is 13.7. The number of halogens is 1. The Morgan fingerprint density at radius 2 is 1.61 bits per heavy atom. The number of benzene rings is 2. The quantitative estimate of drug-likeness (QED) is 0.410. The zero-order valence-corrected chi connectivity index (χ0v) is 22.5. The average Bonchev–Trinajstić information content (AvgIpc) is 2.84. The minimum absolute atomic E-state index is 0.137. The summed E-state index contributed by atoms with van der Waals surface area (Å²) in [6.45, 7) is 5.87. The molecule has 2 rings (SSSR count). The van der Waals surface area contributed by atoms with E-state index >= 15 is 0 Å². The number of anilines is 1. The zero-order chi connectivity index (χ0) is 26.9. The number of hydrogen-bond acceptors (Lipinski definition) is 4. The molecule has 0 aliphatic rings. The van der Waals surface area contributed by atoms with Crippen LogP contribution in [-0.4, -0.2) is 62.7 Å². The minimum atomic E-state index is -4.09. The van der Waals surface area contributed by atoms with Crippen molar-refractivity contribution in [2.24, 2.45) is 0 Å². The number of rotatable bonds is 13. The van der Waals surface area contributed by atoms with Gasteiger partial charge in [0.15, 0.2) is 0 Å². The lowest BCUT2D eigenvalue weighted by atomic mass is 10.1. The first-order valence-corrected chi connectivity index (χ1v) is 13.5. The molecule has 1 N–H and O–H groups in total. The number of unbranched alkanes of at least 4 members (excludes halogenated alkanes) is 1. The van der Waals surface area contributed by atoms with Gasteiger partial charge in [-0.15, -0.1) is 0 Å². The van der Waals surface area contributed by atoms with Crippen molar-refractivity contribution in [3.05, 3.63) is 65.5 Å². The van der Waals surface area contributed by atoms with Gasteiger partial charge in [0.2, 0.25) is 11.8 Å². The number of nitrogens with zero attached hydrogens (tertiary/aromatic N) is 3. The molecule has 2 aromatic carbocycles. The van der Waals surface area contributed by atoms with Gasteiger partial charge in [0.25, 0.3) is 0 Å². The van der Waals surface area contributed by atoms with Crippen LogP contribution in [0.25, 0.3) is 0 Å². The van der Waals surface area contributed by atoms with Gasteiger partial charge >= 0.3 is 10.2 Å². The Labute approximate surface area is 214 Å². The summed E-state index contributed by atoms with van der Waals surface area (Å²) < 4.78 is 41.7. The highest BCUT2D eigenvalue weighted by Gasteiger charge is 2.33. The van der Waals surface area contributed by atoms with Crippen LogP contribution in [0, 0.1) is 12.7 Å². The fourth-order valence-electron chi connectivity index (χ4n) is 3.64. The maximum Gasteiger partial charge on any atom is 0.304 e. The number of carbonyl (C=O) groups excluding carboxylic acids is 2. The van der Waals surface area contributed by atoms with Crippen molar-refractivity contribution in [2.75, 3.05) is 31.5 Å². The standard InChI is InChI=1S/C26H37FN4O4S/c1-6-8-17-28-26(33)24(7-2)30(18-21-11-9-20(3)10-12-21)25(32)19-31(36(34,35)29(4)5)23-15-13-22(27)14-16-23/h9-16,24H,6-8,17-19H2,1-5H3,(H,28,33)/t24-/m0/s1. The first-order valence-electron chi connectivity index (χ1n) is 12.1. The molecule has 2 aromatic rings. The fraction of sp³-hybridized carbons (Fsp3) is 0.462. The third kappa shape index (κ3) is 7.76. The molecule has 0 unspecified atom stereocenters. The van der Waals surface area contributed by atoms with Gasteiger partial charge in [-0.25, -0.2) is 8.70 Å². The van der Waals surface area contributed by atoms with Gasteiger partial charge in [0, 0.05) is 27.2 Å². The van der Waals surface area contributed by atoms with Crippen LogP contribution in [0.15, 0.2) is 48.5 Å². The first-order chi connectivity index (χ1) is 17.0. The van der Waals surface area contributed by atoms with Gasteiger partial charge in [-0.05, 0) is 49.6 Å². The molecule has 0 spiro atoms. The summed E-state index contributed by atoms with van der Waals surface area (Å²) in [6.07, 6.45) is 2.08. The number of hydrogen-bond donors (Lipinski definition) is 1. The van der Waals surface area contributed by atoms with E-state index in [0.717, 1.165) is 44.7 Å². The van der Waals surface area contributed by atoms with Crippen LogP contribution in [0.1, 0.15) is 44.2 Å². The zero-order valence-electron chi connectivity index (χ0n) is 21.7. The molecule has 0 saturated carbocycles. The molecule has 0 bridgehead atoms. The van der Waals surface area contributed by atoms with E-state index in [1.807, 2.05) is 45.0 Å². The van der Waals surface area contributed by atoms with E-state index in [1.54, 1.807) is 0 Å². The van der Waals surface area contributed by atoms with E-state index in [1.165, 1.54) is 31.1 Å². The predicted molar refractivity (Wildman–Crippen MR) is 140 cm³/mol. The number of amides is 2. The van der Waals surface area contributed by atoms with Crippen LogP contribution in [-0.2, 0) is 26.3 Å². The highest BCUT2D eigenvalue weighted by molar-refractivity contribution is 7.90. The lowest BCUT2D eigenvalue weighted by Crippen LogP contribution is -2.53. The first kappa shape index (κ1) is 29.3. The van der Waals surface area contributed by atoms with Crippen molar-refractivity contribution in [3.63, 3.8) is 0 Å². The monoisotopic (exact) mass is 520 g/mol. The normalized spacial score (nSPS) is 12.3. The Morgan fingerprint density at radius 3 is 2.14 bits per heavy atom. The molecule has 2 amide bonds. The lowest BCUT2D eigenvalue weighted by molar-refractivity contribution is -0.140. The van der Waals surface area contributed by atoms with Gasteiger partial charge < -0.3 is 10.2 Å². The van der Waals surface area contributed by atoms with Gasteiger partial charge in [-0.1, -0.05) is 50.1 Å². The van der Waals surface area contributed by atoms with Crippen molar-refractivity contribution in [2.45, 2.75) is 52.6 Å². The summed E-state index contributed by atoms with van der Waals surface area (Å²) in [5, 5.41) is 2.89. The van der Waals surface area contributed by atoms with Crippen molar-refractivity contribution >= 4 is 27.7 Å². The third-order valence-electron chi connectivity index (χ3n) is 5.82. The van der Waals surface area contributed by atoms with Crippen LogP contribution in [0.3, 0.4) is 0 Å². The molecular formula is C26H37FN4O4S. The largest absolute Gasteiger partial charge is 0.354 e. The molecule has 10 heteroatoms. The molecule has 0 aliphatic heterocycles. The summed E-state index contributed by atoms with van der Waals surface area (Å²) >= 11 is 0. The minimum Gasteiger partial charge on any atom is -0.354 e. The highest BCUT2D eigenvalue weighted by Crippen LogP contribution is 2.22. The van der Waals surface area contributed by atoms with E-state index in [-0.39, 0.29) is 18.1 Å². The SMILES string of the molecule is CCCCNC(=O)[C@H](CC)N(Cc1ccc(C)cc1)C(=O)CN(c1ccc(F)cc1)S(=O)(=O)N(C)C. The average molecular weight is 521 g/mol.